The Bertz CT molecular complexity index is 1980. The Balaban J connectivity index is 1.86. The van der Waals surface area contributed by atoms with E-state index in [0.717, 1.165) is 17.7 Å². The number of aryl methyl sites for hydroxylation is 1. The van der Waals surface area contributed by atoms with Gasteiger partial charge in [0.25, 0.3) is 0 Å². The number of hydrogen-bond acceptors (Lipinski definition) is 10. The Labute approximate surface area is 316 Å². The number of rotatable bonds is 19. The zero-order valence-electron chi connectivity index (χ0n) is 29.7. The predicted octanol–water partition coefficient (Wildman–Crippen LogP) is 2.65. The number of carboxylic acids is 2. The molecule has 0 unspecified atom stereocenters. The lowest BCUT2D eigenvalue weighted by atomic mass is 10.0. The molecule has 0 spiro atoms. The predicted molar refractivity (Wildman–Crippen MR) is 198 cm³/mol. The van der Waals surface area contributed by atoms with E-state index in [1.54, 1.807) is 62.4 Å². The van der Waals surface area contributed by atoms with E-state index in [1.165, 1.54) is 0 Å². The van der Waals surface area contributed by atoms with Crippen molar-refractivity contribution in [2.24, 2.45) is 5.92 Å². The molecule has 16 nitrogen and oxygen atoms in total. The molecule has 0 aliphatic carbocycles. The second-order valence-corrected chi connectivity index (χ2v) is 15.3. The molecule has 0 saturated carbocycles. The molecule has 0 bridgehead atoms. The largest absolute Gasteiger partial charge is 0.481 e. The van der Waals surface area contributed by atoms with Crippen LogP contribution >= 0.6 is 11.6 Å². The Kier molecular flexibility index (Phi) is 15.9. The van der Waals surface area contributed by atoms with Crippen molar-refractivity contribution in [1.82, 2.24) is 26.3 Å². The van der Waals surface area contributed by atoms with Crippen molar-refractivity contribution in [2.45, 2.75) is 70.3 Å². The second kappa shape index (κ2) is 20.1. The lowest BCUT2D eigenvalue weighted by molar-refractivity contribution is -0.140. The van der Waals surface area contributed by atoms with Crippen LogP contribution in [0.5, 0.6) is 0 Å². The number of aliphatic carboxylic acids is 2. The maximum absolute atomic E-state index is 13.9. The molecular formula is C36H42ClN5O11S. The number of carbonyl (C=O) groups is 6. The van der Waals surface area contributed by atoms with Gasteiger partial charge in [0.2, 0.25) is 17.7 Å². The summed E-state index contributed by atoms with van der Waals surface area (Å²) < 4.78 is 28.2. The number of para-hydroxylation sites is 1. The molecule has 3 aromatic rings. The summed E-state index contributed by atoms with van der Waals surface area (Å²) in [5, 5.41) is 29.4. The zero-order valence-corrected chi connectivity index (χ0v) is 31.2. The molecule has 4 amide bonds. The van der Waals surface area contributed by atoms with Gasteiger partial charge in [-0.25, -0.2) is 13.2 Å². The standard InChI is InChI=1S/C36H42ClN5O11S/c1-21(2)32(35(49)39-25(18-30(43)44)17-29(37)54(3,51)52)42-33(47)27(16-15-24-14-13-23-11-7-8-12-26(23)38-24)40-34(48)28(19-31(45)46)41-36(50)53-20-22-9-5-4-6-10-22/h4-14,17,21,25,27-28,32H,15-16,18-20H2,1-3H3,(H,39,49)(H,40,48)(H,41,50)(H,42,47)(H,43,44)(H,45,46)/b29-17+/t25-,27+,28+,32+/m1/s1. The number of fused-ring (bicyclic) bond motifs is 1. The van der Waals surface area contributed by atoms with E-state index in [-0.39, 0.29) is 19.4 Å². The van der Waals surface area contributed by atoms with Crippen molar-refractivity contribution in [2.75, 3.05) is 6.26 Å². The van der Waals surface area contributed by atoms with Gasteiger partial charge in [0.15, 0.2) is 9.84 Å². The molecule has 0 fully saturated rings. The first-order chi connectivity index (χ1) is 25.4. The third-order valence-electron chi connectivity index (χ3n) is 7.83. The molecule has 0 saturated heterocycles. The van der Waals surface area contributed by atoms with Crippen LogP contribution in [-0.2, 0) is 51.6 Å². The molecule has 4 atom stereocenters. The number of carbonyl (C=O) groups excluding carboxylic acids is 4. The van der Waals surface area contributed by atoms with Crippen LogP contribution in [0.2, 0.25) is 0 Å². The van der Waals surface area contributed by atoms with Gasteiger partial charge in [0.05, 0.1) is 24.4 Å². The average Bonchev–Trinajstić information content (AvgIpc) is 3.10. The number of alkyl carbamates (subject to hydrolysis) is 1. The molecule has 2 aromatic carbocycles. The molecule has 3 rings (SSSR count). The van der Waals surface area contributed by atoms with E-state index in [2.05, 4.69) is 26.3 Å². The van der Waals surface area contributed by atoms with Gasteiger partial charge >= 0.3 is 18.0 Å². The molecule has 0 radical (unpaired) electrons. The molecule has 1 heterocycles. The maximum Gasteiger partial charge on any atom is 0.408 e. The lowest BCUT2D eigenvalue weighted by Crippen LogP contribution is -2.58. The second-order valence-electron chi connectivity index (χ2n) is 12.6. The number of nitrogens with zero attached hydrogens (tertiary/aromatic N) is 1. The SMILES string of the molecule is CC(C)[C@H](NC(=O)[C@H](CCc1ccc2ccccc2n1)NC(=O)[C@H](CC(=O)O)NC(=O)OCc1ccccc1)C(=O)N[C@H](/C=C(\Cl)S(C)(=O)=O)CC(=O)O. The lowest BCUT2D eigenvalue weighted by Gasteiger charge is -2.27. The summed E-state index contributed by atoms with van der Waals surface area (Å²) in [6, 6.07) is 13.7. The number of sulfone groups is 1. The first kappa shape index (κ1) is 42.9. The third kappa shape index (κ3) is 14.1. The quantitative estimate of drug-likeness (QED) is 0.103. The number of hydrogen-bond donors (Lipinski definition) is 6. The van der Waals surface area contributed by atoms with Gasteiger partial charge in [-0.3, -0.25) is 29.0 Å². The van der Waals surface area contributed by atoms with Crippen molar-refractivity contribution in [3.05, 3.63) is 88.4 Å². The number of amides is 4. The molecule has 0 aliphatic rings. The monoisotopic (exact) mass is 787 g/mol. The topological polar surface area (TPSA) is 247 Å². The summed E-state index contributed by atoms with van der Waals surface area (Å²) in [7, 11) is -3.93. The summed E-state index contributed by atoms with van der Waals surface area (Å²) in [5.41, 5.74) is 1.87. The van der Waals surface area contributed by atoms with Crippen molar-refractivity contribution in [1.29, 1.82) is 0 Å². The molecule has 18 heteroatoms. The van der Waals surface area contributed by atoms with E-state index < -0.39 is 92.9 Å². The van der Waals surface area contributed by atoms with E-state index in [4.69, 9.17) is 16.3 Å². The van der Waals surface area contributed by atoms with Crippen LogP contribution in [-0.4, -0.2) is 89.8 Å². The van der Waals surface area contributed by atoms with Crippen molar-refractivity contribution in [3.8, 4) is 0 Å². The fourth-order valence-corrected chi connectivity index (χ4v) is 5.62. The zero-order chi connectivity index (χ0) is 40.0. The summed E-state index contributed by atoms with van der Waals surface area (Å²) >= 11 is 5.83. The number of aromatic nitrogens is 1. The van der Waals surface area contributed by atoms with Gasteiger partial charge in [-0.05, 0) is 42.5 Å². The van der Waals surface area contributed by atoms with Gasteiger partial charge in [0.1, 0.15) is 29.1 Å². The summed E-state index contributed by atoms with van der Waals surface area (Å²) in [6.07, 6.45) is -0.983. The fourth-order valence-electron chi connectivity index (χ4n) is 5.05. The first-order valence-corrected chi connectivity index (χ1v) is 18.9. The van der Waals surface area contributed by atoms with Crippen LogP contribution in [0.25, 0.3) is 10.9 Å². The van der Waals surface area contributed by atoms with Crippen molar-refractivity contribution < 1.29 is 52.1 Å². The normalized spacial score (nSPS) is 13.9. The highest BCUT2D eigenvalue weighted by molar-refractivity contribution is 7.96. The average molecular weight is 788 g/mol. The smallest absolute Gasteiger partial charge is 0.408 e. The van der Waals surface area contributed by atoms with Gasteiger partial charge < -0.3 is 36.2 Å². The van der Waals surface area contributed by atoms with E-state index in [1.807, 2.05) is 18.2 Å². The first-order valence-electron chi connectivity index (χ1n) is 16.7. The van der Waals surface area contributed by atoms with Crippen molar-refractivity contribution >= 4 is 68.1 Å². The summed E-state index contributed by atoms with van der Waals surface area (Å²) in [4.78, 5) is 81.2. The highest BCUT2D eigenvalue weighted by Crippen LogP contribution is 2.16. The maximum atomic E-state index is 13.9. The molecule has 0 aliphatic heterocycles. The molecule has 6 N–H and O–H groups in total. The highest BCUT2D eigenvalue weighted by atomic mass is 35.5. The summed E-state index contributed by atoms with van der Waals surface area (Å²) in [6.45, 7) is 2.99. The minimum Gasteiger partial charge on any atom is -0.481 e. The Hall–Kier alpha value is -5.55. The van der Waals surface area contributed by atoms with Gasteiger partial charge in [0, 0.05) is 17.3 Å². The van der Waals surface area contributed by atoms with Crippen LogP contribution in [0, 0.1) is 5.92 Å². The van der Waals surface area contributed by atoms with E-state index in [0.29, 0.717) is 16.8 Å². The minimum absolute atomic E-state index is 0.0953. The Morgan fingerprint density at radius 1 is 0.796 bits per heavy atom. The van der Waals surface area contributed by atoms with Crippen LogP contribution in [0.3, 0.4) is 0 Å². The number of halogens is 1. The van der Waals surface area contributed by atoms with Crippen LogP contribution in [0.15, 0.2) is 77.2 Å². The molecule has 1 aromatic heterocycles. The van der Waals surface area contributed by atoms with E-state index >= 15 is 0 Å². The summed E-state index contributed by atoms with van der Waals surface area (Å²) in [5.74, 6) is -6.22. The van der Waals surface area contributed by atoms with Crippen LogP contribution in [0.1, 0.15) is 44.4 Å². The highest BCUT2D eigenvalue weighted by Gasteiger charge is 2.33. The van der Waals surface area contributed by atoms with Gasteiger partial charge in [-0.15, -0.1) is 0 Å². The fraction of sp³-hybridized carbons (Fsp3) is 0.361. The molecule has 290 valence electrons. The Morgan fingerprint density at radius 2 is 1.43 bits per heavy atom. The number of nitrogens with one attached hydrogen (secondary N) is 4. The molecular weight excluding hydrogens is 746 g/mol. The number of carboxylic acid groups (broad SMARTS) is 2. The minimum atomic E-state index is -3.93. The number of benzene rings is 2. The van der Waals surface area contributed by atoms with Crippen LogP contribution in [0.4, 0.5) is 4.79 Å². The van der Waals surface area contributed by atoms with Gasteiger partial charge in [-0.1, -0.05) is 80.0 Å². The number of ether oxygens (including phenoxy) is 1. The third-order valence-corrected chi connectivity index (χ3v) is 9.65. The van der Waals surface area contributed by atoms with E-state index in [9.17, 15) is 47.4 Å². The van der Waals surface area contributed by atoms with Crippen molar-refractivity contribution in [3.63, 3.8) is 0 Å². The Morgan fingerprint density at radius 3 is 2.06 bits per heavy atom. The number of pyridine rings is 1. The van der Waals surface area contributed by atoms with Crippen LogP contribution < -0.4 is 21.3 Å². The molecule has 54 heavy (non-hydrogen) atoms. The van der Waals surface area contributed by atoms with Gasteiger partial charge in [-0.2, -0.15) is 0 Å².